The van der Waals surface area contributed by atoms with Gasteiger partial charge < -0.3 is 0 Å². The van der Waals surface area contributed by atoms with Crippen molar-refractivity contribution in [2.75, 3.05) is 12.3 Å². The molecule has 1 aromatic rings. The Bertz CT molecular complexity index is 599. The van der Waals surface area contributed by atoms with Crippen LogP contribution in [0.3, 0.4) is 0 Å². The second kappa shape index (κ2) is 5.76. The Hall–Kier alpha value is -0.420. The van der Waals surface area contributed by atoms with E-state index in [-0.39, 0.29) is 24.1 Å². The second-order valence-electron chi connectivity index (χ2n) is 5.33. The molecule has 1 atom stereocenters. The minimum atomic E-state index is -3.49. The molecule has 0 saturated carbocycles. The van der Waals surface area contributed by atoms with Gasteiger partial charge in [-0.15, -0.1) is 0 Å². The van der Waals surface area contributed by atoms with E-state index in [9.17, 15) is 13.0 Å². The SMILES string of the molecule is CC1N(S(=O)(=O)c2ccc(P=O)cc2)CCSC1(C)C. The van der Waals surface area contributed by atoms with Crippen LogP contribution in [0.4, 0.5) is 0 Å². The van der Waals surface area contributed by atoms with Crippen molar-refractivity contribution in [1.29, 1.82) is 0 Å². The summed E-state index contributed by atoms with van der Waals surface area (Å²) in [6.45, 7) is 6.63. The number of rotatable bonds is 3. The average Bonchev–Trinajstić information content (AvgIpc) is 2.41. The molecule has 0 aromatic heterocycles. The largest absolute Gasteiger partial charge is 0.269 e. The molecular weight excluding hydrogens is 313 g/mol. The third-order valence-electron chi connectivity index (χ3n) is 3.77. The van der Waals surface area contributed by atoms with Crippen LogP contribution < -0.4 is 5.30 Å². The highest BCUT2D eigenvalue weighted by Crippen LogP contribution is 2.37. The quantitative estimate of drug-likeness (QED) is 0.799. The lowest BCUT2D eigenvalue weighted by Gasteiger charge is -2.43. The van der Waals surface area contributed by atoms with Crippen molar-refractivity contribution >= 4 is 35.5 Å². The lowest BCUT2D eigenvalue weighted by atomic mass is 10.1. The number of hydrogen-bond donors (Lipinski definition) is 0. The van der Waals surface area contributed by atoms with Crippen LogP contribution in [0.15, 0.2) is 29.2 Å². The summed E-state index contributed by atoms with van der Waals surface area (Å²) in [5.74, 6) is 0.799. The van der Waals surface area contributed by atoms with Gasteiger partial charge in [-0.05, 0) is 45.0 Å². The Labute approximate surface area is 126 Å². The predicted octanol–water partition coefficient (Wildman–Crippen LogP) is 2.51. The van der Waals surface area contributed by atoms with E-state index in [1.54, 1.807) is 28.2 Å². The van der Waals surface area contributed by atoms with Gasteiger partial charge >= 0.3 is 0 Å². The van der Waals surface area contributed by atoms with Crippen molar-refractivity contribution in [2.24, 2.45) is 0 Å². The van der Waals surface area contributed by atoms with E-state index < -0.39 is 10.0 Å². The Morgan fingerprint density at radius 2 is 1.90 bits per heavy atom. The fraction of sp³-hybridized carbons (Fsp3) is 0.538. The van der Waals surface area contributed by atoms with Gasteiger partial charge in [0.2, 0.25) is 10.0 Å². The molecule has 1 aliphatic rings. The monoisotopic (exact) mass is 331 g/mol. The number of nitrogens with zero attached hydrogens (tertiary/aromatic N) is 1. The molecule has 1 heterocycles. The summed E-state index contributed by atoms with van der Waals surface area (Å²) in [7, 11) is -3.59. The zero-order chi connectivity index (χ0) is 15.0. The van der Waals surface area contributed by atoms with Crippen LogP contribution in [0, 0.1) is 0 Å². The molecule has 0 amide bonds. The summed E-state index contributed by atoms with van der Waals surface area (Å²) in [6, 6.07) is 6.14. The van der Waals surface area contributed by atoms with E-state index in [1.165, 1.54) is 12.1 Å². The molecule has 0 aliphatic carbocycles. The van der Waals surface area contributed by atoms with Crippen LogP contribution in [0.5, 0.6) is 0 Å². The maximum absolute atomic E-state index is 12.7. The Morgan fingerprint density at radius 1 is 1.30 bits per heavy atom. The molecule has 0 bridgehead atoms. The minimum absolute atomic E-state index is 0.0661. The molecule has 0 radical (unpaired) electrons. The van der Waals surface area contributed by atoms with Crippen molar-refractivity contribution in [3.05, 3.63) is 24.3 Å². The average molecular weight is 331 g/mol. The highest BCUT2D eigenvalue weighted by atomic mass is 32.2. The number of benzene rings is 1. The number of hydrogen-bond acceptors (Lipinski definition) is 4. The summed E-state index contributed by atoms with van der Waals surface area (Å²) in [5, 5.41) is 0.575. The topological polar surface area (TPSA) is 54.5 Å². The highest BCUT2D eigenvalue weighted by molar-refractivity contribution is 8.00. The minimum Gasteiger partial charge on any atom is -0.269 e. The molecule has 2 rings (SSSR count). The van der Waals surface area contributed by atoms with Gasteiger partial charge in [-0.25, -0.2) is 8.42 Å². The molecule has 1 aromatic carbocycles. The molecule has 0 spiro atoms. The van der Waals surface area contributed by atoms with Crippen LogP contribution in [-0.4, -0.2) is 35.8 Å². The van der Waals surface area contributed by atoms with Crippen molar-refractivity contribution in [1.82, 2.24) is 4.31 Å². The molecule has 1 saturated heterocycles. The fourth-order valence-corrected chi connectivity index (χ4v) is 5.60. The maximum Gasteiger partial charge on any atom is 0.243 e. The lowest BCUT2D eigenvalue weighted by molar-refractivity contribution is 0.296. The third kappa shape index (κ3) is 2.93. The van der Waals surface area contributed by atoms with Crippen molar-refractivity contribution in [3.63, 3.8) is 0 Å². The zero-order valence-corrected chi connectivity index (χ0v) is 14.3. The van der Waals surface area contributed by atoms with Crippen LogP contribution >= 0.6 is 20.2 Å². The lowest BCUT2D eigenvalue weighted by Crippen LogP contribution is -2.53. The Balaban J connectivity index is 2.36. The zero-order valence-electron chi connectivity index (χ0n) is 11.7. The van der Waals surface area contributed by atoms with Crippen molar-refractivity contribution in [2.45, 2.75) is 36.5 Å². The van der Waals surface area contributed by atoms with Crippen LogP contribution in [0.25, 0.3) is 0 Å². The van der Waals surface area contributed by atoms with Gasteiger partial charge in [-0.2, -0.15) is 16.1 Å². The molecule has 20 heavy (non-hydrogen) atoms. The maximum atomic E-state index is 12.7. The first-order chi connectivity index (χ1) is 9.29. The van der Waals surface area contributed by atoms with Gasteiger partial charge in [0.25, 0.3) is 0 Å². The summed E-state index contributed by atoms with van der Waals surface area (Å²) in [4.78, 5) is 0.263. The summed E-state index contributed by atoms with van der Waals surface area (Å²) in [6.07, 6.45) is 0. The standard InChI is InChI=1S/C13H18NO3PS2/c1-10-13(2,3)19-9-8-14(10)20(16,17)12-6-4-11(18-15)5-7-12/h4-7,10H,8-9H2,1-3H3. The second-order valence-corrected chi connectivity index (χ2v) is 9.67. The number of sulfonamides is 1. The number of thioether (sulfide) groups is 1. The first kappa shape index (κ1) is 16.0. The third-order valence-corrected chi connectivity index (χ3v) is 7.74. The van der Waals surface area contributed by atoms with Gasteiger partial charge in [0.1, 0.15) is 0 Å². The molecular formula is C13H18NO3PS2. The fourth-order valence-electron chi connectivity index (χ4n) is 2.20. The summed E-state index contributed by atoms with van der Waals surface area (Å²) in [5.41, 5.74) is 0. The van der Waals surface area contributed by atoms with Gasteiger partial charge in [0.15, 0.2) is 8.46 Å². The van der Waals surface area contributed by atoms with E-state index >= 15 is 0 Å². The van der Waals surface area contributed by atoms with E-state index in [4.69, 9.17) is 0 Å². The normalized spacial score (nSPS) is 23.9. The molecule has 4 nitrogen and oxygen atoms in total. The molecule has 1 unspecified atom stereocenters. The molecule has 7 heteroatoms. The van der Waals surface area contributed by atoms with Crippen molar-refractivity contribution in [3.8, 4) is 0 Å². The molecule has 1 fully saturated rings. The first-order valence-electron chi connectivity index (χ1n) is 6.38. The van der Waals surface area contributed by atoms with Crippen molar-refractivity contribution < 1.29 is 13.0 Å². The van der Waals surface area contributed by atoms with E-state index in [0.29, 0.717) is 11.8 Å². The van der Waals surface area contributed by atoms with Gasteiger partial charge in [0.05, 0.1) is 4.90 Å². The predicted molar refractivity (Wildman–Crippen MR) is 83.6 cm³/mol. The molecule has 0 N–H and O–H groups in total. The van der Waals surface area contributed by atoms with Crippen LogP contribution in [0.1, 0.15) is 20.8 Å². The van der Waals surface area contributed by atoms with Crippen LogP contribution in [0.2, 0.25) is 0 Å². The van der Waals surface area contributed by atoms with Gasteiger partial charge in [-0.1, -0.05) is 0 Å². The van der Waals surface area contributed by atoms with Gasteiger partial charge in [-0.3, -0.25) is 4.57 Å². The molecule has 1 aliphatic heterocycles. The summed E-state index contributed by atoms with van der Waals surface area (Å²) >= 11 is 1.80. The first-order valence-corrected chi connectivity index (χ1v) is 9.62. The Kier molecular flexibility index (Phi) is 4.59. The summed E-state index contributed by atoms with van der Waals surface area (Å²) < 4.78 is 37.7. The van der Waals surface area contributed by atoms with E-state index in [1.807, 2.05) is 6.92 Å². The van der Waals surface area contributed by atoms with Crippen LogP contribution in [-0.2, 0) is 14.6 Å². The smallest absolute Gasteiger partial charge is 0.243 e. The molecule has 110 valence electrons. The van der Waals surface area contributed by atoms with Gasteiger partial charge in [0, 0.05) is 28.4 Å². The Morgan fingerprint density at radius 3 is 2.45 bits per heavy atom. The van der Waals surface area contributed by atoms with E-state index in [2.05, 4.69) is 13.8 Å². The van der Waals surface area contributed by atoms with E-state index in [0.717, 1.165) is 5.75 Å². The highest BCUT2D eigenvalue weighted by Gasteiger charge is 2.41.